The Morgan fingerprint density at radius 1 is 0.880 bits per heavy atom. The van der Waals surface area contributed by atoms with Gasteiger partial charge in [-0.05, 0) is 6.42 Å². The number of carbonyl (C=O) groups excluding carboxylic acids is 1. The van der Waals surface area contributed by atoms with E-state index in [1.807, 2.05) is 10.8 Å². The first kappa shape index (κ1) is 21.7. The Morgan fingerprint density at radius 2 is 1.44 bits per heavy atom. The summed E-state index contributed by atoms with van der Waals surface area (Å²) in [5.41, 5.74) is 0. The lowest BCUT2D eigenvalue weighted by Gasteiger charge is -2.06. The summed E-state index contributed by atoms with van der Waals surface area (Å²) in [5.74, 6) is 0.146. The molecule has 144 valence electrons. The molecule has 1 amide bonds. The number of hydrogen-bond donors (Lipinski definition) is 1. The number of aromatic nitrogens is 2. The van der Waals surface area contributed by atoms with Crippen LogP contribution in [0.1, 0.15) is 96.8 Å². The van der Waals surface area contributed by atoms with Crippen molar-refractivity contribution in [2.24, 2.45) is 0 Å². The second-order valence-corrected chi connectivity index (χ2v) is 7.14. The van der Waals surface area contributed by atoms with Crippen LogP contribution < -0.4 is 5.32 Å². The number of nitrogens with one attached hydrogen (secondary N) is 1. The van der Waals surface area contributed by atoms with Gasteiger partial charge in [-0.1, -0.05) is 84.0 Å². The summed E-state index contributed by atoms with van der Waals surface area (Å²) in [6, 6.07) is 0. The molecule has 1 heterocycles. The minimum atomic E-state index is 0.146. The predicted octanol–water partition coefficient (Wildman–Crippen LogP) is 5.48. The topological polar surface area (TPSA) is 46.9 Å². The first-order chi connectivity index (χ1) is 12.3. The van der Waals surface area contributed by atoms with Gasteiger partial charge in [0.05, 0.1) is 6.33 Å². The number of imidazole rings is 1. The number of amides is 1. The van der Waals surface area contributed by atoms with Crippen molar-refractivity contribution in [1.82, 2.24) is 14.9 Å². The molecule has 0 unspecified atom stereocenters. The van der Waals surface area contributed by atoms with Gasteiger partial charge in [-0.15, -0.1) is 0 Å². The molecule has 4 nitrogen and oxygen atoms in total. The lowest BCUT2D eigenvalue weighted by Crippen LogP contribution is -2.25. The Hall–Kier alpha value is -1.32. The lowest BCUT2D eigenvalue weighted by molar-refractivity contribution is -0.121. The van der Waals surface area contributed by atoms with Crippen LogP contribution >= 0.6 is 0 Å². The van der Waals surface area contributed by atoms with Crippen molar-refractivity contribution in [3.63, 3.8) is 0 Å². The van der Waals surface area contributed by atoms with Crippen LogP contribution in [0.25, 0.3) is 0 Å². The highest BCUT2D eigenvalue weighted by molar-refractivity contribution is 5.75. The number of rotatable bonds is 17. The van der Waals surface area contributed by atoms with Gasteiger partial charge in [-0.2, -0.15) is 0 Å². The van der Waals surface area contributed by atoms with Crippen molar-refractivity contribution < 1.29 is 4.79 Å². The summed E-state index contributed by atoms with van der Waals surface area (Å²) < 4.78 is 1.94. The standard InChI is InChI=1S/C21H39N3O/c1-2-3-4-5-6-7-8-9-10-11-12-13-14-16-23-21(25)15-18-24-19-17-22-20-24/h17,19-20H,2-16,18H2,1H3,(H,23,25). The molecular formula is C21H39N3O. The molecule has 1 aromatic heterocycles. The van der Waals surface area contributed by atoms with Crippen LogP contribution in [-0.2, 0) is 11.3 Å². The number of unbranched alkanes of at least 4 members (excludes halogenated alkanes) is 12. The molecule has 0 aromatic carbocycles. The van der Waals surface area contributed by atoms with Crippen molar-refractivity contribution in [1.29, 1.82) is 0 Å². The predicted molar refractivity (Wildman–Crippen MR) is 106 cm³/mol. The van der Waals surface area contributed by atoms with E-state index in [2.05, 4.69) is 17.2 Å². The fourth-order valence-electron chi connectivity index (χ4n) is 3.11. The second kappa shape index (κ2) is 16.2. The van der Waals surface area contributed by atoms with E-state index in [-0.39, 0.29) is 5.91 Å². The van der Waals surface area contributed by atoms with Gasteiger partial charge in [0.25, 0.3) is 0 Å². The lowest BCUT2D eigenvalue weighted by atomic mass is 10.0. The largest absolute Gasteiger partial charge is 0.356 e. The van der Waals surface area contributed by atoms with Gasteiger partial charge in [-0.25, -0.2) is 4.98 Å². The molecule has 0 aliphatic rings. The normalized spacial score (nSPS) is 10.9. The average Bonchev–Trinajstić information content (AvgIpc) is 3.14. The molecule has 1 rings (SSSR count). The summed E-state index contributed by atoms with van der Waals surface area (Å²) in [6.07, 6.45) is 23.6. The van der Waals surface area contributed by atoms with E-state index >= 15 is 0 Å². The Labute approximate surface area is 154 Å². The molecule has 0 spiro atoms. The van der Waals surface area contributed by atoms with Crippen LogP contribution in [0.3, 0.4) is 0 Å². The van der Waals surface area contributed by atoms with Crippen LogP contribution in [0.15, 0.2) is 18.7 Å². The zero-order valence-corrected chi connectivity index (χ0v) is 16.3. The molecule has 1 aromatic rings. The monoisotopic (exact) mass is 349 g/mol. The molecule has 0 fully saturated rings. The Balaban J connectivity index is 1.75. The number of carbonyl (C=O) groups is 1. The summed E-state index contributed by atoms with van der Waals surface area (Å²) >= 11 is 0. The van der Waals surface area contributed by atoms with Gasteiger partial charge < -0.3 is 9.88 Å². The van der Waals surface area contributed by atoms with Crippen molar-refractivity contribution in [2.75, 3.05) is 6.54 Å². The molecular weight excluding hydrogens is 310 g/mol. The Morgan fingerprint density at radius 3 is 1.96 bits per heavy atom. The second-order valence-electron chi connectivity index (χ2n) is 7.14. The van der Waals surface area contributed by atoms with Gasteiger partial charge in [-0.3, -0.25) is 4.79 Å². The molecule has 1 N–H and O–H groups in total. The van der Waals surface area contributed by atoms with Crippen LogP contribution in [-0.4, -0.2) is 22.0 Å². The molecule has 4 heteroatoms. The maximum absolute atomic E-state index is 11.7. The third-order valence-electron chi connectivity index (χ3n) is 4.76. The minimum absolute atomic E-state index is 0.146. The van der Waals surface area contributed by atoms with E-state index in [1.54, 1.807) is 12.5 Å². The number of nitrogens with zero attached hydrogens (tertiary/aromatic N) is 2. The van der Waals surface area contributed by atoms with E-state index in [1.165, 1.54) is 77.0 Å². The molecule has 0 aliphatic carbocycles. The Bertz CT molecular complexity index is 403. The third-order valence-corrected chi connectivity index (χ3v) is 4.76. The maximum Gasteiger partial charge on any atom is 0.221 e. The van der Waals surface area contributed by atoms with Crippen LogP contribution in [0.4, 0.5) is 0 Å². The summed E-state index contributed by atoms with van der Waals surface area (Å²) in [4.78, 5) is 15.7. The van der Waals surface area contributed by atoms with Gasteiger partial charge >= 0.3 is 0 Å². The van der Waals surface area contributed by atoms with Gasteiger partial charge in [0.1, 0.15) is 0 Å². The van der Waals surface area contributed by atoms with Crippen molar-refractivity contribution in [3.05, 3.63) is 18.7 Å². The van der Waals surface area contributed by atoms with E-state index in [0.717, 1.165) is 13.0 Å². The van der Waals surface area contributed by atoms with E-state index < -0.39 is 0 Å². The molecule has 25 heavy (non-hydrogen) atoms. The van der Waals surface area contributed by atoms with Crippen LogP contribution in [0, 0.1) is 0 Å². The summed E-state index contributed by atoms with van der Waals surface area (Å²) in [6.45, 7) is 3.81. The van der Waals surface area contributed by atoms with Gasteiger partial charge in [0.15, 0.2) is 0 Å². The zero-order chi connectivity index (χ0) is 18.0. The molecule has 0 saturated heterocycles. The molecule has 0 saturated carbocycles. The quantitative estimate of drug-likeness (QED) is 0.378. The Kier molecular flexibility index (Phi) is 14.0. The summed E-state index contributed by atoms with van der Waals surface area (Å²) in [5, 5.41) is 3.01. The third kappa shape index (κ3) is 13.6. The van der Waals surface area contributed by atoms with Gasteiger partial charge in [0.2, 0.25) is 5.91 Å². The fraction of sp³-hybridized carbons (Fsp3) is 0.810. The fourth-order valence-corrected chi connectivity index (χ4v) is 3.11. The average molecular weight is 350 g/mol. The van der Waals surface area contributed by atoms with Crippen molar-refractivity contribution in [2.45, 2.75) is 103 Å². The first-order valence-electron chi connectivity index (χ1n) is 10.6. The van der Waals surface area contributed by atoms with Crippen molar-refractivity contribution >= 4 is 5.91 Å². The van der Waals surface area contributed by atoms with E-state index in [0.29, 0.717) is 13.0 Å². The van der Waals surface area contributed by atoms with Crippen molar-refractivity contribution in [3.8, 4) is 0 Å². The number of aryl methyl sites for hydroxylation is 1. The van der Waals surface area contributed by atoms with Crippen LogP contribution in [0.5, 0.6) is 0 Å². The van der Waals surface area contributed by atoms with Crippen LogP contribution in [0.2, 0.25) is 0 Å². The molecule has 0 radical (unpaired) electrons. The first-order valence-corrected chi connectivity index (χ1v) is 10.6. The molecule has 0 bridgehead atoms. The SMILES string of the molecule is CCCCCCCCCCCCCCCNC(=O)CCn1ccnc1. The summed E-state index contributed by atoms with van der Waals surface area (Å²) in [7, 11) is 0. The smallest absolute Gasteiger partial charge is 0.221 e. The minimum Gasteiger partial charge on any atom is -0.356 e. The van der Waals surface area contributed by atoms with E-state index in [4.69, 9.17) is 0 Å². The molecule has 0 aliphatic heterocycles. The highest BCUT2D eigenvalue weighted by atomic mass is 16.1. The van der Waals surface area contributed by atoms with Gasteiger partial charge in [0, 0.05) is 31.9 Å². The number of hydrogen-bond acceptors (Lipinski definition) is 2. The maximum atomic E-state index is 11.7. The zero-order valence-electron chi connectivity index (χ0n) is 16.3. The highest BCUT2D eigenvalue weighted by Gasteiger charge is 2.01. The highest BCUT2D eigenvalue weighted by Crippen LogP contribution is 2.12. The molecule has 0 atom stereocenters. The van der Waals surface area contributed by atoms with E-state index in [9.17, 15) is 4.79 Å².